The van der Waals surface area contributed by atoms with Crippen molar-refractivity contribution in [3.8, 4) is 5.75 Å². The molecule has 0 aliphatic carbocycles. The Morgan fingerprint density at radius 2 is 2.00 bits per heavy atom. The number of aromatic nitrogens is 1. The van der Waals surface area contributed by atoms with Crippen molar-refractivity contribution >= 4 is 5.69 Å². The van der Waals surface area contributed by atoms with E-state index in [1.807, 2.05) is 25.1 Å². The number of hydrogen-bond donors (Lipinski definition) is 1. The summed E-state index contributed by atoms with van der Waals surface area (Å²) in [7, 11) is 0. The van der Waals surface area contributed by atoms with Crippen LogP contribution in [0.15, 0.2) is 42.7 Å². The molecule has 0 radical (unpaired) electrons. The number of ether oxygens (including phenoxy) is 1. The second kappa shape index (κ2) is 6.73. The molecule has 0 fully saturated rings. The van der Waals surface area contributed by atoms with Crippen LogP contribution in [-0.4, -0.2) is 18.1 Å². The Kier molecular flexibility index (Phi) is 4.72. The minimum Gasteiger partial charge on any atom is -0.491 e. The lowest BCUT2D eigenvalue weighted by Gasteiger charge is -2.09. The normalized spacial score (nSPS) is 10.2. The number of benzene rings is 1. The van der Waals surface area contributed by atoms with Gasteiger partial charge in [0, 0.05) is 30.7 Å². The highest BCUT2D eigenvalue weighted by Crippen LogP contribution is 2.21. The smallest absolute Gasteiger partial charge is 0.167 e. The molecule has 1 aromatic carbocycles. The van der Waals surface area contributed by atoms with Crippen molar-refractivity contribution < 1.29 is 9.13 Å². The molecule has 0 atom stereocenters. The van der Waals surface area contributed by atoms with Gasteiger partial charge in [0.25, 0.3) is 0 Å². The molecule has 0 spiro atoms. The molecule has 100 valence electrons. The fourth-order valence-electron chi connectivity index (χ4n) is 1.78. The first-order valence-electron chi connectivity index (χ1n) is 6.34. The Hall–Kier alpha value is -2.10. The summed E-state index contributed by atoms with van der Waals surface area (Å²) in [6.45, 7) is 3.05. The van der Waals surface area contributed by atoms with Gasteiger partial charge in [-0.2, -0.15) is 0 Å². The van der Waals surface area contributed by atoms with Crippen molar-refractivity contribution in [3.63, 3.8) is 0 Å². The maximum Gasteiger partial charge on any atom is 0.167 e. The Bertz CT molecular complexity index is 517. The standard InChI is InChI=1S/C15H17FN2O/c1-2-19-15-4-3-13(11-14(15)16)18-10-7-12-5-8-17-9-6-12/h3-6,8-9,11,18H,2,7,10H2,1H3. The summed E-state index contributed by atoms with van der Waals surface area (Å²) in [6.07, 6.45) is 4.41. The van der Waals surface area contributed by atoms with E-state index >= 15 is 0 Å². The Balaban J connectivity index is 1.88. The minimum absolute atomic E-state index is 0.294. The second-order valence-electron chi connectivity index (χ2n) is 4.11. The molecule has 1 aromatic heterocycles. The zero-order valence-electron chi connectivity index (χ0n) is 10.9. The zero-order chi connectivity index (χ0) is 13.5. The van der Waals surface area contributed by atoms with E-state index in [1.165, 1.54) is 11.6 Å². The summed E-state index contributed by atoms with van der Waals surface area (Å²) in [5, 5.41) is 3.19. The summed E-state index contributed by atoms with van der Waals surface area (Å²) in [5.41, 5.74) is 1.96. The highest BCUT2D eigenvalue weighted by molar-refractivity contribution is 5.47. The van der Waals surface area contributed by atoms with Crippen LogP contribution in [-0.2, 0) is 6.42 Å². The van der Waals surface area contributed by atoms with Crippen molar-refractivity contribution in [1.82, 2.24) is 4.98 Å². The highest BCUT2D eigenvalue weighted by atomic mass is 19.1. The van der Waals surface area contributed by atoms with Crippen molar-refractivity contribution in [2.75, 3.05) is 18.5 Å². The average molecular weight is 260 g/mol. The topological polar surface area (TPSA) is 34.1 Å². The summed E-state index contributed by atoms with van der Waals surface area (Å²) in [4.78, 5) is 3.97. The molecule has 1 heterocycles. The van der Waals surface area contributed by atoms with Crippen LogP contribution < -0.4 is 10.1 Å². The van der Waals surface area contributed by atoms with Crippen molar-refractivity contribution in [3.05, 3.63) is 54.1 Å². The molecule has 0 saturated heterocycles. The summed E-state index contributed by atoms with van der Waals surface area (Å²) < 4.78 is 18.8. The maximum absolute atomic E-state index is 13.6. The van der Waals surface area contributed by atoms with E-state index in [4.69, 9.17) is 4.74 Å². The number of nitrogens with zero attached hydrogens (tertiary/aromatic N) is 1. The minimum atomic E-state index is -0.337. The van der Waals surface area contributed by atoms with Crippen LogP contribution in [0.1, 0.15) is 12.5 Å². The highest BCUT2D eigenvalue weighted by Gasteiger charge is 2.03. The van der Waals surface area contributed by atoms with Crippen LogP contribution in [0.25, 0.3) is 0 Å². The lowest BCUT2D eigenvalue weighted by Crippen LogP contribution is -2.05. The van der Waals surface area contributed by atoms with E-state index in [9.17, 15) is 4.39 Å². The molecule has 0 unspecified atom stereocenters. The van der Waals surface area contributed by atoms with E-state index < -0.39 is 0 Å². The third-order valence-electron chi connectivity index (χ3n) is 2.72. The van der Waals surface area contributed by atoms with Crippen LogP contribution in [0.3, 0.4) is 0 Å². The molecule has 1 N–H and O–H groups in total. The molecular weight excluding hydrogens is 243 g/mol. The molecule has 0 aliphatic heterocycles. The molecule has 0 aliphatic rings. The van der Waals surface area contributed by atoms with Gasteiger partial charge in [-0.1, -0.05) is 0 Å². The molecular formula is C15H17FN2O. The van der Waals surface area contributed by atoms with Gasteiger partial charge in [0.15, 0.2) is 11.6 Å². The van der Waals surface area contributed by atoms with Crippen LogP contribution >= 0.6 is 0 Å². The van der Waals surface area contributed by atoms with E-state index in [1.54, 1.807) is 18.5 Å². The summed E-state index contributed by atoms with van der Waals surface area (Å²) >= 11 is 0. The third kappa shape index (κ3) is 3.95. The zero-order valence-corrected chi connectivity index (χ0v) is 10.9. The van der Waals surface area contributed by atoms with Gasteiger partial charge in [-0.25, -0.2) is 4.39 Å². The number of nitrogens with one attached hydrogen (secondary N) is 1. The van der Waals surface area contributed by atoms with Gasteiger partial charge >= 0.3 is 0 Å². The van der Waals surface area contributed by atoms with Crippen molar-refractivity contribution in [1.29, 1.82) is 0 Å². The lowest BCUT2D eigenvalue weighted by atomic mass is 10.2. The first-order chi connectivity index (χ1) is 9.29. The van der Waals surface area contributed by atoms with E-state index in [-0.39, 0.29) is 5.82 Å². The van der Waals surface area contributed by atoms with Gasteiger partial charge in [-0.3, -0.25) is 4.98 Å². The van der Waals surface area contributed by atoms with Gasteiger partial charge < -0.3 is 10.1 Å². The molecule has 0 saturated carbocycles. The molecule has 0 bridgehead atoms. The Morgan fingerprint density at radius 1 is 1.21 bits per heavy atom. The second-order valence-corrected chi connectivity index (χ2v) is 4.11. The Morgan fingerprint density at radius 3 is 2.68 bits per heavy atom. The fourth-order valence-corrected chi connectivity index (χ4v) is 1.78. The summed E-state index contributed by atoms with van der Waals surface area (Å²) in [5.74, 6) is -0.0436. The fraction of sp³-hybridized carbons (Fsp3) is 0.267. The molecule has 4 heteroatoms. The van der Waals surface area contributed by atoms with E-state index in [0.717, 1.165) is 18.7 Å². The SMILES string of the molecule is CCOc1ccc(NCCc2ccncc2)cc1F. The largest absolute Gasteiger partial charge is 0.491 e. The maximum atomic E-state index is 13.6. The van der Waals surface area contributed by atoms with Crippen LogP contribution in [0.4, 0.5) is 10.1 Å². The number of anilines is 1. The quantitative estimate of drug-likeness (QED) is 0.865. The van der Waals surface area contributed by atoms with Gasteiger partial charge in [0.1, 0.15) is 0 Å². The number of pyridine rings is 1. The number of halogens is 1. The van der Waals surface area contributed by atoms with Gasteiger partial charge in [0.2, 0.25) is 0 Å². The number of rotatable bonds is 6. The summed E-state index contributed by atoms with van der Waals surface area (Å²) in [6, 6.07) is 8.87. The van der Waals surface area contributed by atoms with E-state index in [0.29, 0.717) is 12.4 Å². The Labute approximate surface area is 112 Å². The molecule has 2 rings (SSSR count). The molecule has 19 heavy (non-hydrogen) atoms. The predicted molar refractivity (Wildman–Crippen MR) is 74.0 cm³/mol. The third-order valence-corrected chi connectivity index (χ3v) is 2.72. The van der Waals surface area contributed by atoms with Gasteiger partial charge in [-0.15, -0.1) is 0 Å². The number of hydrogen-bond acceptors (Lipinski definition) is 3. The molecule has 3 nitrogen and oxygen atoms in total. The van der Waals surface area contributed by atoms with E-state index in [2.05, 4.69) is 10.3 Å². The lowest BCUT2D eigenvalue weighted by molar-refractivity contribution is 0.321. The van der Waals surface area contributed by atoms with Gasteiger partial charge in [-0.05, 0) is 43.2 Å². The first-order valence-corrected chi connectivity index (χ1v) is 6.34. The van der Waals surface area contributed by atoms with Gasteiger partial charge in [0.05, 0.1) is 6.61 Å². The molecule has 2 aromatic rings. The molecule has 0 amide bonds. The monoisotopic (exact) mass is 260 g/mol. The predicted octanol–water partition coefficient (Wildman–Crippen LogP) is 3.27. The first kappa shape index (κ1) is 13.3. The van der Waals surface area contributed by atoms with Crippen LogP contribution in [0.5, 0.6) is 5.75 Å². The van der Waals surface area contributed by atoms with Crippen LogP contribution in [0, 0.1) is 5.82 Å². The average Bonchev–Trinajstić information content (AvgIpc) is 2.43. The van der Waals surface area contributed by atoms with Crippen LogP contribution in [0.2, 0.25) is 0 Å². The van der Waals surface area contributed by atoms with Crippen molar-refractivity contribution in [2.24, 2.45) is 0 Å². The van der Waals surface area contributed by atoms with Crippen molar-refractivity contribution in [2.45, 2.75) is 13.3 Å².